The van der Waals surface area contributed by atoms with Gasteiger partial charge in [0, 0.05) is 31.0 Å². The molecule has 1 aromatic heterocycles. The molecule has 1 heterocycles. The lowest BCUT2D eigenvalue weighted by atomic mass is 10.1. The highest BCUT2D eigenvalue weighted by Gasteiger charge is 2.07. The van der Waals surface area contributed by atoms with Gasteiger partial charge in [-0.25, -0.2) is 0 Å². The topological polar surface area (TPSA) is 85.8 Å². The van der Waals surface area contributed by atoms with E-state index in [1.807, 2.05) is 48.2 Å². The standard InChI is InChI=1S/C21H28N2O4/c1-2-20(25)16-27-14-12-23(11-13-24)19-8-5-17(6-9-19)3-4-18-7-10-21(26)22-15-18/h3-10,15,20,24-25H,2,11-14,16H2,1H3,(H,22,26)/b4-3+. The van der Waals surface area contributed by atoms with Crippen LogP contribution in [0.4, 0.5) is 5.69 Å². The van der Waals surface area contributed by atoms with Gasteiger partial charge in [0.15, 0.2) is 0 Å². The van der Waals surface area contributed by atoms with Crippen LogP contribution in [0, 0.1) is 0 Å². The summed E-state index contributed by atoms with van der Waals surface area (Å²) in [4.78, 5) is 15.8. The van der Waals surface area contributed by atoms with Crippen molar-refractivity contribution in [3.05, 3.63) is 64.1 Å². The summed E-state index contributed by atoms with van der Waals surface area (Å²) in [6.07, 6.45) is 5.83. The lowest BCUT2D eigenvalue weighted by Gasteiger charge is -2.24. The zero-order valence-corrected chi connectivity index (χ0v) is 15.7. The van der Waals surface area contributed by atoms with Crippen LogP contribution in [0.3, 0.4) is 0 Å². The molecule has 6 nitrogen and oxygen atoms in total. The van der Waals surface area contributed by atoms with E-state index in [-0.39, 0.29) is 12.2 Å². The van der Waals surface area contributed by atoms with Crippen molar-refractivity contribution >= 4 is 17.8 Å². The molecule has 1 unspecified atom stereocenters. The lowest BCUT2D eigenvalue weighted by molar-refractivity contribution is 0.0378. The Hall–Kier alpha value is -2.41. The molecule has 2 aromatic rings. The van der Waals surface area contributed by atoms with Gasteiger partial charge in [-0.15, -0.1) is 0 Å². The summed E-state index contributed by atoms with van der Waals surface area (Å²) < 4.78 is 5.49. The van der Waals surface area contributed by atoms with Crippen molar-refractivity contribution in [3.8, 4) is 0 Å². The lowest BCUT2D eigenvalue weighted by Crippen LogP contribution is -2.31. The number of anilines is 1. The van der Waals surface area contributed by atoms with E-state index in [1.54, 1.807) is 12.3 Å². The first-order valence-corrected chi connectivity index (χ1v) is 9.21. The minimum Gasteiger partial charge on any atom is -0.395 e. The molecule has 0 amide bonds. The first-order valence-electron chi connectivity index (χ1n) is 9.21. The normalized spacial score (nSPS) is 12.4. The number of ether oxygens (including phenoxy) is 1. The fourth-order valence-corrected chi connectivity index (χ4v) is 2.52. The Morgan fingerprint density at radius 1 is 1.11 bits per heavy atom. The highest BCUT2D eigenvalue weighted by molar-refractivity contribution is 5.70. The zero-order chi connectivity index (χ0) is 19.5. The third-order valence-electron chi connectivity index (χ3n) is 4.19. The molecule has 0 spiro atoms. The first-order chi connectivity index (χ1) is 13.1. The van der Waals surface area contributed by atoms with Crippen molar-refractivity contribution in [2.24, 2.45) is 0 Å². The number of hydrogen-bond donors (Lipinski definition) is 3. The van der Waals surface area contributed by atoms with E-state index in [0.717, 1.165) is 16.8 Å². The van der Waals surface area contributed by atoms with Crippen molar-refractivity contribution in [1.82, 2.24) is 4.98 Å². The smallest absolute Gasteiger partial charge is 0.247 e. The van der Waals surface area contributed by atoms with Gasteiger partial charge in [-0.1, -0.05) is 31.2 Å². The van der Waals surface area contributed by atoms with Crippen LogP contribution in [0.5, 0.6) is 0 Å². The molecule has 6 heteroatoms. The van der Waals surface area contributed by atoms with E-state index in [4.69, 9.17) is 4.74 Å². The number of rotatable bonds is 11. The van der Waals surface area contributed by atoms with E-state index in [9.17, 15) is 15.0 Å². The van der Waals surface area contributed by atoms with Gasteiger partial charge >= 0.3 is 0 Å². The molecule has 1 atom stereocenters. The Morgan fingerprint density at radius 2 is 1.81 bits per heavy atom. The van der Waals surface area contributed by atoms with Crippen LogP contribution in [-0.4, -0.2) is 54.2 Å². The molecule has 3 N–H and O–H groups in total. The van der Waals surface area contributed by atoms with E-state index in [0.29, 0.717) is 32.7 Å². The molecular formula is C21H28N2O4. The average molecular weight is 372 g/mol. The maximum absolute atomic E-state index is 11.1. The van der Waals surface area contributed by atoms with Gasteiger partial charge in [-0.2, -0.15) is 0 Å². The number of aromatic amines is 1. The quantitative estimate of drug-likeness (QED) is 0.526. The third kappa shape index (κ3) is 7.38. The summed E-state index contributed by atoms with van der Waals surface area (Å²) in [7, 11) is 0. The SMILES string of the molecule is CCC(O)COCCN(CCO)c1ccc(/C=C/c2ccc(=O)[nH]c2)cc1. The number of hydrogen-bond acceptors (Lipinski definition) is 5. The predicted molar refractivity (Wildman–Crippen MR) is 109 cm³/mol. The van der Waals surface area contributed by atoms with Crippen LogP contribution in [0.25, 0.3) is 12.2 Å². The van der Waals surface area contributed by atoms with Crippen molar-refractivity contribution in [2.45, 2.75) is 19.4 Å². The van der Waals surface area contributed by atoms with Crippen LogP contribution < -0.4 is 10.5 Å². The van der Waals surface area contributed by atoms with Crippen molar-refractivity contribution in [3.63, 3.8) is 0 Å². The molecule has 0 aliphatic carbocycles. The predicted octanol–water partition coefficient (Wildman–Crippen LogP) is 2.13. The van der Waals surface area contributed by atoms with E-state index >= 15 is 0 Å². The van der Waals surface area contributed by atoms with Crippen LogP contribution in [-0.2, 0) is 4.74 Å². The van der Waals surface area contributed by atoms with Gasteiger partial charge in [0.2, 0.25) is 5.56 Å². The Bertz CT molecular complexity index is 735. The van der Waals surface area contributed by atoms with Gasteiger partial charge < -0.3 is 24.8 Å². The second-order valence-corrected chi connectivity index (χ2v) is 6.26. The van der Waals surface area contributed by atoms with Crippen molar-refractivity contribution in [1.29, 1.82) is 0 Å². The summed E-state index contributed by atoms with van der Waals surface area (Å²) in [5.74, 6) is 0. The second-order valence-electron chi connectivity index (χ2n) is 6.26. The third-order valence-corrected chi connectivity index (χ3v) is 4.19. The van der Waals surface area contributed by atoms with E-state index in [2.05, 4.69) is 4.98 Å². The minimum atomic E-state index is -0.426. The number of aliphatic hydroxyl groups is 2. The van der Waals surface area contributed by atoms with Crippen molar-refractivity contribution in [2.75, 3.05) is 37.8 Å². The molecule has 0 aliphatic rings. The Balaban J connectivity index is 1.93. The molecule has 0 aliphatic heterocycles. The van der Waals surface area contributed by atoms with Crippen LogP contribution in [0.1, 0.15) is 24.5 Å². The Kier molecular flexibility index (Phi) is 8.77. The van der Waals surface area contributed by atoms with Gasteiger partial charge in [0.25, 0.3) is 0 Å². The van der Waals surface area contributed by atoms with Crippen LogP contribution >= 0.6 is 0 Å². The van der Waals surface area contributed by atoms with Gasteiger partial charge in [0.05, 0.1) is 25.9 Å². The number of benzene rings is 1. The summed E-state index contributed by atoms with van der Waals surface area (Å²) >= 11 is 0. The fourth-order valence-electron chi connectivity index (χ4n) is 2.52. The van der Waals surface area contributed by atoms with Gasteiger partial charge in [0.1, 0.15) is 0 Å². The zero-order valence-electron chi connectivity index (χ0n) is 15.7. The number of nitrogens with one attached hydrogen (secondary N) is 1. The minimum absolute atomic E-state index is 0.0610. The monoisotopic (exact) mass is 372 g/mol. The molecule has 0 saturated carbocycles. The second kappa shape index (κ2) is 11.3. The van der Waals surface area contributed by atoms with E-state index < -0.39 is 6.10 Å². The van der Waals surface area contributed by atoms with Crippen LogP contribution in [0.2, 0.25) is 0 Å². The van der Waals surface area contributed by atoms with E-state index in [1.165, 1.54) is 6.07 Å². The number of nitrogens with zero attached hydrogens (tertiary/aromatic N) is 1. The first kappa shape index (κ1) is 20.9. The van der Waals surface area contributed by atoms with Gasteiger partial charge in [-0.05, 0) is 35.7 Å². The maximum Gasteiger partial charge on any atom is 0.247 e. The molecule has 2 rings (SSSR count). The van der Waals surface area contributed by atoms with Crippen LogP contribution in [0.15, 0.2) is 47.4 Å². The number of pyridine rings is 1. The molecule has 0 bridgehead atoms. The molecule has 0 radical (unpaired) electrons. The fraction of sp³-hybridized carbons (Fsp3) is 0.381. The number of H-pyrrole nitrogens is 1. The number of aliphatic hydroxyl groups excluding tert-OH is 2. The Labute approximate surface area is 159 Å². The summed E-state index contributed by atoms with van der Waals surface area (Å²) in [6.45, 7) is 3.96. The largest absolute Gasteiger partial charge is 0.395 e. The summed E-state index contributed by atoms with van der Waals surface area (Å²) in [6, 6.07) is 11.3. The molecular weight excluding hydrogens is 344 g/mol. The molecule has 0 saturated heterocycles. The average Bonchev–Trinajstić information content (AvgIpc) is 2.70. The molecule has 27 heavy (non-hydrogen) atoms. The highest BCUT2D eigenvalue weighted by atomic mass is 16.5. The number of aromatic nitrogens is 1. The maximum atomic E-state index is 11.1. The molecule has 146 valence electrons. The Morgan fingerprint density at radius 3 is 2.44 bits per heavy atom. The molecule has 0 fully saturated rings. The highest BCUT2D eigenvalue weighted by Crippen LogP contribution is 2.16. The van der Waals surface area contributed by atoms with Crippen molar-refractivity contribution < 1.29 is 14.9 Å². The summed E-state index contributed by atoms with van der Waals surface area (Å²) in [5, 5.41) is 18.8. The summed E-state index contributed by atoms with van der Waals surface area (Å²) in [5.41, 5.74) is 2.85. The van der Waals surface area contributed by atoms with Gasteiger partial charge in [-0.3, -0.25) is 4.79 Å². The molecule has 1 aromatic carbocycles.